The molecule has 0 saturated carbocycles. The summed E-state index contributed by atoms with van der Waals surface area (Å²) < 4.78 is 5.61. The molecule has 2 heteroatoms. The summed E-state index contributed by atoms with van der Waals surface area (Å²) in [5, 5.41) is 3.48. The molecule has 0 radical (unpaired) electrons. The van der Waals surface area contributed by atoms with Gasteiger partial charge in [-0.2, -0.15) is 0 Å². The zero-order chi connectivity index (χ0) is 9.80. The number of rotatable bonds is 4. The lowest BCUT2D eigenvalue weighted by Crippen LogP contribution is -2.25. The molecule has 0 aliphatic heterocycles. The van der Waals surface area contributed by atoms with Crippen LogP contribution in [0, 0.1) is 0 Å². The van der Waals surface area contributed by atoms with E-state index >= 15 is 0 Å². The maximum Gasteiger partial charge on any atom is 0.117 e. The zero-order valence-electron chi connectivity index (χ0n) is 8.62. The van der Waals surface area contributed by atoms with Gasteiger partial charge in [0.25, 0.3) is 0 Å². The van der Waals surface area contributed by atoms with Crippen LogP contribution in [0.1, 0.15) is 31.3 Å². The first-order valence-corrected chi connectivity index (χ1v) is 5.34. The van der Waals surface area contributed by atoms with Gasteiger partial charge >= 0.3 is 0 Å². The van der Waals surface area contributed by atoms with Crippen molar-refractivity contribution in [2.75, 3.05) is 0 Å². The Labute approximate surface area is 85.0 Å². The van der Waals surface area contributed by atoms with Crippen LogP contribution in [-0.4, -0.2) is 6.04 Å². The average molecular weight is 191 g/mol. The van der Waals surface area contributed by atoms with E-state index in [1.807, 2.05) is 0 Å². The molecule has 14 heavy (non-hydrogen) atoms. The van der Waals surface area contributed by atoms with Crippen molar-refractivity contribution in [1.29, 1.82) is 0 Å². The molecule has 1 aromatic rings. The third-order valence-corrected chi connectivity index (χ3v) is 2.64. The lowest BCUT2D eigenvalue weighted by Gasteiger charge is -2.09. The first-order valence-electron chi connectivity index (χ1n) is 5.34. The van der Waals surface area contributed by atoms with E-state index < -0.39 is 0 Å². The Morgan fingerprint density at radius 3 is 2.64 bits per heavy atom. The standard InChI is InChI=1S/C12H17NO/c1-2-11-7-8-12(14-11)9-13-10-5-3-4-6-10/h3-4,7-8,10,13H,2,5-6,9H2,1H3. The van der Waals surface area contributed by atoms with E-state index in [0.29, 0.717) is 6.04 Å². The second-order valence-corrected chi connectivity index (χ2v) is 3.74. The van der Waals surface area contributed by atoms with Gasteiger partial charge in [-0.15, -0.1) is 0 Å². The van der Waals surface area contributed by atoms with E-state index in [0.717, 1.165) is 37.3 Å². The van der Waals surface area contributed by atoms with Crippen molar-refractivity contribution in [2.24, 2.45) is 0 Å². The highest BCUT2D eigenvalue weighted by Gasteiger charge is 2.09. The van der Waals surface area contributed by atoms with Crippen molar-refractivity contribution in [2.45, 2.75) is 38.8 Å². The topological polar surface area (TPSA) is 25.2 Å². The SMILES string of the molecule is CCc1ccc(CNC2CC=CC2)o1. The van der Waals surface area contributed by atoms with Crippen molar-refractivity contribution in [3.8, 4) is 0 Å². The summed E-state index contributed by atoms with van der Waals surface area (Å²) in [6.07, 6.45) is 7.75. The minimum Gasteiger partial charge on any atom is -0.465 e. The Bertz CT molecular complexity index is 306. The van der Waals surface area contributed by atoms with Gasteiger partial charge in [-0.05, 0) is 25.0 Å². The molecular formula is C12H17NO. The molecule has 0 fully saturated rings. The average Bonchev–Trinajstić information content (AvgIpc) is 2.86. The monoisotopic (exact) mass is 191 g/mol. The predicted molar refractivity (Wildman–Crippen MR) is 57.1 cm³/mol. The van der Waals surface area contributed by atoms with Gasteiger partial charge in [-0.3, -0.25) is 0 Å². The summed E-state index contributed by atoms with van der Waals surface area (Å²) in [5.74, 6) is 2.13. The Morgan fingerprint density at radius 2 is 2.00 bits per heavy atom. The van der Waals surface area contributed by atoms with Crippen molar-refractivity contribution in [1.82, 2.24) is 5.32 Å². The highest BCUT2D eigenvalue weighted by Crippen LogP contribution is 2.12. The summed E-state index contributed by atoms with van der Waals surface area (Å²) in [6.45, 7) is 2.96. The molecule has 0 atom stereocenters. The highest BCUT2D eigenvalue weighted by atomic mass is 16.3. The quantitative estimate of drug-likeness (QED) is 0.740. The van der Waals surface area contributed by atoms with Crippen LogP contribution in [-0.2, 0) is 13.0 Å². The maximum atomic E-state index is 5.61. The first-order chi connectivity index (χ1) is 6.88. The third-order valence-electron chi connectivity index (χ3n) is 2.64. The number of aryl methyl sites for hydroxylation is 1. The Hall–Kier alpha value is -1.02. The summed E-state index contributed by atoms with van der Waals surface area (Å²) in [5.41, 5.74) is 0. The molecule has 1 aromatic heterocycles. The fourth-order valence-electron chi connectivity index (χ4n) is 1.74. The Balaban J connectivity index is 1.79. The molecule has 0 aromatic carbocycles. The summed E-state index contributed by atoms with van der Waals surface area (Å²) in [4.78, 5) is 0. The van der Waals surface area contributed by atoms with Crippen molar-refractivity contribution in [3.63, 3.8) is 0 Å². The molecule has 1 aliphatic carbocycles. The Kier molecular flexibility index (Phi) is 3.04. The number of furan rings is 1. The van der Waals surface area contributed by atoms with E-state index in [1.54, 1.807) is 0 Å². The van der Waals surface area contributed by atoms with E-state index in [9.17, 15) is 0 Å². The lowest BCUT2D eigenvalue weighted by atomic mass is 10.2. The molecule has 0 bridgehead atoms. The van der Waals surface area contributed by atoms with Gasteiger partial charge in [-0.1, -0.05) is 19.1 Å². The van der Waals surface area contributed by atoms with Crippen LogP contribution in [0.15, 0.2) is 28.7 Å². The fourth-order valence-corrected chi connectivity index (χ4v) is 1.74. The van der Waals surface area contributed by atoms with Crippen molar-refractivity contribution >= 4 is 0 Å². The summed E-state index contributed by atoms with van der Waals surface area (Å²) in [6, 6.07) is 4.74. The molecule has 1 aliphatic rings. The van der Waals surface area contributed by atoms with Crippen LogP contribution in [0.4, 0.5) is 0 Å². The van der Waals surface area contributed by atoms with Crippen LogP contribution in [0.3, 0.4) is 0 Å². The van der Waals surface area contributed by atoms with E-state index in [1.165, 1.54) is 0 Å². The molecular weight excluding hydrogens is 174 g/mol. The van der Waals surface area contributed by atoms with Gasteiger partial charge in [0.1, 0.15) is 11.5 Å². The minimum atomic E-state index is 0.616. The normalized spacial score (nSPS) is 16.6. The fraction of sp³-hybridized carbons (Fsp3) is 0.500. The molecule has 76 valence electrons. The van der Waals surface area contributed by atoms with Crippen molar-refractivity contribution in [3.05, 3.63) is 35.8 Å². The minimum absolute atomic E-state index is 0.616. The number of hydrogen-bond donors (Lipinski definition) is 1. The van der Waals surface area contributed by atoms with Gasteiger partial charge in [-0.25, -0.2) is 0 Å². The van der Waals surface area contributed by atoms with Gasteiger partial charge in [0.05, 0.1) is 6.54 Å². The molecule has 0 spiro atoms. The molecule has 2 nitrogen and oxygen atoms in total. The highest BCUT2D eigenvalue weighted by molar-refractivity contribution is 5.07. The first kappa shape index (κ1) is 9.53. The lowest BCUT2D eigenvalue weighted by molar-refractivity contribution is 0.429. The summed E-state index contributed by atoms with van der Waals surface area (Å²) in [7, 11) is 0. The molecule has 0 amide bonds. The molecule has 0 unspecified atom stereocenters. The smallest absolute Gasteiger partial charge is 0.117 e. The van der Waals surface area contributed by atoms with Gasteiger partial charge < -0.3 is 9.73 Å². The van der Waals surface area contributed by atoms with Crippen molar-refractivity contribution < 1.29 is 4.42 Å². The maximum absolute atomic E-state index is 5.61. The molecule has 1 heterocycles. The van der Waals surface area contributed by atoms with E-state index in [4.69, 9.17) is 4.42 Å². The number of hydrogen-bond acceptors (Lipinski definition) is 2. The van der Waals surface area contributed by atoms with Crippen LogP contribution >= 0.6 is 0 Å². The van der Waals surface area contributed by atoms with Gasteiger partial charge in [0.2, 0.25) is 0 Å². The van der Waals surface area contributed by atoms with E-state index in [2.05, 4.69) is 36.5 Å². The van der Waals surface area contributed by atoms with Crippen LogP contribution < -0.4 is 5.32 Å². The van der Waals surface area contributed by atoms with Crippen LogP contribution in [0.25, 0.3) is 0 Å². The second kappa shape index (κ2) is 4.47. The summed E-state index contributed by atoms with van der Waals surface area (Å²) >= 11 is 0. The second-order valence-electron chi connectivity index (χ2n) is 3.74. The Morgan fingerprint density at radius 1 is 1.29 bits per heavy atom. The van der Waals surface area contributed by atoms with Gasteiger partial charge in [0.15, 0.2) is 0 Å². The van der Waals surface area contributed by atoms with E-state index in [-0.39, 0.29) is 0 Å². The van der Waals surface area contributed by atoms with Crippen LogP contribution in [0.2, 0.25) is 0 Å². The van der Waals surface area contributed by atoms with Gasteiger partial charge in [0, 0.05) is 12.5 Å². The molecule has 2 rings (SSSR count). The molecule has 0 saturated heterocycles. The third kappa shape index (κ3) is 2.26. The zero-order valence-corrected chi connectivity index (χ0v) is 8.62. The largest absolute Gasteiger partial charge is 0.465 e. The predicted octanol–water partition coefficient (Wildman–Crippen LogP) is 2.65. The molecule has 1 N–H and O–H groups in total. The number of nitrogens with one attached hydrogen (secondary N) is 1. The van der Waals surface area contributed by atoms with Crippen LogP contribution in [0.5, 0.6) is 0 Å².